The summed E-state index contributed by atoms with van der Waals surface area (Å²) in [4.78, 5) is 5.75. The molecule has 0 spiro atoms. The van der Waals surface area contributed by atoms with Crippen molar-refractivity contribution in [2.75, 3.05) is 26.3 Å². The lowest BCUT2D eigenvalue weighted by atomic mass is 9.98. The molecule has 5 heteroatoms. The number of H-pyrrole nitrogens is 1. The number of aryl methyl sites for hydroxylation is 1. The van der Waals surface area contributed by atoms with Gasteiger partial charge in [-0.2, -0.15) is 5.10 Å². The zero-order chi connectivity index (χ0) is 16.4. The molecule has 3 aromatic rings. The number of aromatic nitrogens is 3. The average molecular weight is 324 g/mol. The molecule has 1 saturated heterocycles. The van der Waals surface area contributed by atoms with E-state index in [2.05, 4.69) is 45.4 Å². The Kier molecular flexibility index (Phi) is 4.36. The molecule has 0 amide bonds. The Morgan fingerprint density at radius 2 is 2.25 bits per heavy atom. The van der Waals surface area contributed by atoms with Gasteiger partial charge < -0.3 is 9.72 Å². The molecule has 5 nitrogen and oxygen atoms in total. The zero-order valence-corrected chi connectivity index (χ0v) is 14.1. The van der Waals surface area contributed by atoms with Gasteiger partial charge in [0.05, 0.1) is 19.4 Å². The number of nitrogens with zero attached hydrogens (tertiary/aromatic N) is 3. The highest BCUT2D eigenvalue weighted by molar-refractivity contribution is 5.79. The molecule has 1 N–H and O–H groups in total. The predicted octanol–water partition coefficient (Wildman–Crippen LogP) is 2.59. The van der Waals surface area contributed by atoms with E-state index in [4.69, 9.17) is 4.74 Å². The van der Waals surface area contributed by atoms with E-state index < -0.39 is 0 Å². The predicted molar refractivity (Wildman–Crippen MR) is 94.8 cm³/mol. The SMILES string of the molecule is Cn1cc(CN2CCOC[C@H](Cc3ccc4[nH]ccc4c3)C2)cn1. The van der Waals surface area contributed by atoms with E-state index in [9.17, 15) is 0 Å². The van der Waals surface area contributed by atoms with Crippen LogP contribution in [0.25, 0.3) is 10.9 Å². The third-order valence-corrected chi connectivity index (χ3v) is 4.73. The molecule has 0 unspecified atom stereocenters. The molecule has 1 aliphatic heterocycles. The molecule has 2 aromatic heterocycles. The molecule has 1 aromatic carbocycles. The molecular formula is C19H24N4O. The second-order valence-electron chi connectivity index (χ2n) is 6.80. The minimum Gasteiger partial charge on any atom is -0.380 e. The van der Waals surface area contributed by atoms with E-state index in [0.717, 1.165) is 39.3 Å². The number of hydrogen-bond acceptors (Lipinski definition) is 3. The summed E-state index contributed by atoms with van der Waals surface area (Å²) in [6, 6.07) is 8.84. The summed E-state index contributed by atoms with van der Waals surface area (Å²) in [7, 11) is 1.97. The first kappa shape index (κ1) is 15.4. The van der Waals surface area contributed by atoms with Crippen LogP contribution in [0.3, 0.4) is 0 Å². The van der Waals surface area contributed by atoms with E-state index in [1.807, 2.05) is 24.1 Å². The summed E-state index contributed by atoms with van der Waals surface area (Å²) < 4.78 is 7.72. The minimum absolute atomic E-state index is 0.528. The fourth-order valence-electron chi connectivity index (χ4n) is 3.59. The number of fused-ring (bicyclic) bond motifs is 1. The van der Waals surface area contributed by atoms with Crippen molar-refractivity contribution in [3.8, 4) is 0 Å². The van der Waals surface area contributed by atoms with Gasteiger partial charge in [0.2, 0.25) is 0 Å². The van der Waals surface area contributed by atoms with Gasteiger partial charge in [-0.25, -0.2) is 0 Å². The van der Waals surface area contributed by atoms with Crippen molar-refractivity contribution in [3.05, 3.63) is 54.0 Å². The van der Waals surface area contributed by atoms with Gasteiger partial charge in [-0.05, 0) is 41.5 Å². The highest BCUT2D eigenvalue weighted by atomic mass is 16.5. The van der Waals surface area contributed by atoms with Crippen molar-refractivity contribution < 1.29 is 4.74 Å². The maximum Gasteiger partial charge on any atom is 0.0593 e. The first-order chi connectivity index (χ1) is 11.8. The van der Waals surface area contributed by atoms with Crippen LogP contribution in [0.1, 0.15) is 11.1 Å². The molecule has 4 rings (SSSR count). The van der Waals surface area contributed by atoms with Crippen LogP contribution in [0.5, 0.6) is 0 Å². The van der Waals surface area contributed by atoms with Gasteiger partial charge in [0.25, 0.3) is 0 Å². The molecule has 24 heavy (non-hydrogen) atoms. The van der Waals surface area contributed by atoms with Crippen LogP contribution in [-0.2, 0) is 24.8 Å². The van der Waals surface area contributed by atoms with Gasteiger partial charge in [0.1, 0.15) is 0 Å². The summed E-state index contributed by atoms with van der Waals surface area (Å²) in [5.41, 5.74) is 3.86. The summed E-state index contributed by atoms with van der Waals surface area (Å²) in [6.07, 6.45) is 7.12. The fourth-order valence-corrected chi connectivity index (χ4v) is 3.59. The number of ether oxygens (including phenoxy) is 1. The Morgan fingerprint density at radius 1 is 1.29 bits per heavy atom. The number of rotatable bonds is 4. The molecule has 1 aliphatic rings. The van der Waals surface area contributed by atoms with E-state index in [0.29, 0.717) is 5.92 Å². The van der Waals surface area contributed by atoms with Crippen LogP contribution in [0.4, 0.5) is 0 Å². The number of benzene rings is 1. The maximum absolute atomic E-state index is 5.86. The van der Waals surface area contributed by atoms with Gasteiger partial charge in [0, 0.05) is 50.2 Å². The van der Waals surface area contributed by atoms with Crippen molar-refractivity contribution >= 4 is 10.9 Å². The average Bonchev–Trinajstić information content (AvgIpc) is 3.13. The van der Waals surface area contributed by atoms with Gasteiger partial charge in [0.15, 0.2) is 0 Å². The Morgan fingerprint density at radius 3 is 3.12 bits per heavy atom. The number of aromatic amines is 1. The zero-order valence-electron chi connectivity index (χ0n) is 14.1. The summed E-state index contributed by atoms with van der Waals surface area (Å²) in [5, 5.41) is 5.56. The first-order valence-electron chi connectivity index (χ1n) is 8.60. The Labute approximate surface area is 142 Å². The third kappa shape index (κ3) is 3.52. The van der Waals surface area contributed by atoms with E-state index in [-0.39, 0.29) is 0 Å². The topological polar surface area (TPSA) is 46.1 Å². The van der Waals surface area contributed by atoms with Crippen LogP contribution >= 0.6 is 0 Å². The normalized spacial score (nSPS) is 19.6. The van der Waals surface area contributed by atoms with Crippen LogP contribution in [-0.4, -0.2) is 46.0 Å². The van der Waals surface area contributed by atoms with Crippen LogP contribution in [0.15, 0.2) is 42.9 Å². The van der Waals surface area contributed by atoms with Crippen molar-refractivity contribution in [1.82, 2.24) is 19.7 Å². The molecule has 0 saturated carbocycles. The monoisotopic (exact) mass is 324 g/mol. The molecule has 0 aliphatic carbocycles. The first-order valence-corrected chi connectivity index (χ1v) is 8.60. The lowest BCUT2D eigenvalue weighted by Gasteiger charge is -2.22. The van der Waals surface area contributed by atoms with Gasteiger partial charge in [-0.1, -0.05) is 6.07 Å². The molecular weight excluding hydrogens is 300 g/mol. The van der Waals surface area contributed by atoms with E-state index in [1.165, 1.54) is 22.0 Å². The van der Waals surface area contributed by atoms with Crippen LogP contribution in [0, 0.1) is 5.92 Å². The minimum atomic E-state index is 0.528. The van der Waals surface area contributed by atoms with Crippen LogP contribution < -0.4 is 0 Å². The van der Waals surface area contributed by atoms with Gasteiger partial charge >= 0.3 is 0 Å². The molecule has 1 fully saturated rings. The summed E-state index contributed by atoms with van der Waals surface area (Å²) in [6.45, 7) is 4.66. The largest absolute Gasteiger partial charge is 0.380 e. The second-order valence-corrected chi connectivity index (χ2v) is 6.80. The van der Waals surface area contributed by atoms with Crippen molar-refractivity contribution in [2.45, 2.75) is 13.0 Å². The summed E-state index contributed by atoms with van der Waals surface area (Å²) in [5.74, 6) is 0.528. The molecule has 0 bridgehead atoms. The van der Waals surface area contributed by atoms with E-state index >= 15 is 0 Å². The Balaban J connectivity index is 1.43. The second kappa shape index (κ2) is 6.79. The molecule has 1 atom stereocenters. The highest BCUT2D eigenvalue weighted by Crippen LogP contribution is 2.19. The van der Waals surface area contributed by atoms with Crippen molar-refractivity contribution in [2.24, 2.45) is 13.0 Å². The van der Waals surface area contributed by atoms with E-state index in [1.54, 1.807) is 0 Å². The number of hydrogen-bond donors (Lipinski definition) is 1. The Hall–Kier alpha value is -2.11. The standard InChI is InChI=1S/C19H24N4O/c1-22-11-17(10-21-22)13-23-6-7-24-14-16(12-23)8-15-2-3-19-18(9-15)4-5-20-19/h2-5,9-11,16,20H,6-8,12-14H2,1H3/t16-/m1/s1. The highest BCUT2D eigenvalue weighted by Gasteiger charge is 2.19. The lowest BCUT2D eigenvalue weighted by molar-refractivity contribution is 0.121. The Bertz CT molecular complexity index is 806. The smallest absolute Gasteiger partial charge is 0.0593 e. The van der Waals surface area contributed by atoms with Crippen molar-refractivity contribution in [1.29, 1.82) is 0 Å². The molecule has 3 heterocycles. The lowest BCUT2D eigenvalue weighted by Crippen LogP contribution is -2.30. The quantitative estimate of drug-likeness (QED) is 0.802. The molecule has 0 radical (unpaired) electrons. The third-order valence-electron chi connectivity index (χ3n) is 4.73. The molecule has 126 valence electrons. The number of nitrogens with one attached hydrogen (secondary N) is 1. The van der Waals surface area contributed by atoms with Crippen molar-refractivity contribution in [3.63, 3.8) is 0 Å². The summed E-state index contributed by atoms with van der Waals surface area (Å²) >= 11 is 0. The van der Waals surface area contributed by atoms with Gasteiger partial charge in [-0.15, -0.1) is 0 Å². The maximum atomic E-state index is 5.86. The van der Waals surface area contributed by atoms with Gasteiger partial charge in [-0.3, -0.25) is 9.58 Å². The van der Waals surface area contributed by atoms with Crippen LogP contribution in [0.2, 0.25) is 0 Å². The fraction of sp³-hybridized carbons (Fsp3) is 0.421.